The fourth-order valence-corrected chi connectivity index (χ4v) is 5.47. The lowest BCUT2D eigenvalue weighted by molar-refractivity contribution is -0.123. The fraction of sp³-hybridized carbons (Fsp3) is 0.588. The standard InChI is InChI=1S/C17H23F3N6O3S/c1-10-15(11(2)25(3)24-10)30(28,29)26-6-4-12(5-7-26)13-8-14(23-22-13)16(27)21-9-17(18,19)20/h8,12H,4-7,9H2,1-3H3,(H,21,27)(H,22,23). The number of H-pyrrole nitrogens is 1. The van der Waals surface area contributed by atoms with Crippen LogP contribution in [-0.2, 0) is 17.1 Å². The van der Waals surface area contributed by atoms with Gasteiger partial charge in [-0.1, -0.05) is 0 Å². The quantitative estimate of drug-likeness (QED) is 0.722. The molecule has 2 aromatic rings. The number of amides is 1. The van der Waals surface area contributed by atoms with E-state index in [4.69, 9.17) is 0 Å². The minimum atomic E-state index is -4.50. The molecule has 2 N–H and O–H groups in total. The summed E-state index contributed by atoms with van der Waals surface area (Å²) < 4.78 is 65.7. The van der Waals surface area contributed by atoms with Crippen molar-refractivity contribution in [2.75, 3.05) is 19.6 Å². The lowest BCUT2D eigenvalue weighted by atomic mass is 9.94. The highest BCUT2D eigenvalue weighted by Crippen LogP contribution is 2.31. The molecule has 0 spiro atoms. The number of nitrogens with one attached hydrogen (secondary N) is 2. The summed E-state index contributed by atoms with van der Waals surface area (Å²) >= 11 is 0. The summed E-state index contributed by atoms with van der Waals surface area (Å²) in [6.45, 7) is 2.47. The van der Waals surface area contributed by atoms with Gasteiger partial charge in [-0.15, -0.1) is 0 Å². The maximum absolute atomic E-state index is 13.0. The highest BCUT2D eigenvalue weighted by Gasteiger charge is 2.34. The van der Waals surface area contributed by atoms with Gasteiger partial charge in [-0.05, 0) is 32.8 Å². The van der Waals surface area contributed by atoms with Gasteiger partial charge in [0, 0.05) is 31.7 Å². The molecule has 0 aliphatic carbocycles. The van der Waals surface area contributed by atoms with Crippen molar-refractivity contribution in [3.63, 3.8) is 0 Å². The molecule has 1 aliphatic rings. The van der Waals surface area contributed by atoms with Gasteiger partial charge in [0.25, 0.3) is 5.91 Å². The van der Waals surface area contributed by atoms with E-state index >= 15 is 0 Å². The summed E-state index contributed by atoms with van der Waals surface area (Å²) in [5, 5.41) is 12.4. The van der Waals surface area contributed by atoms with Crippen molar-refractivity contribution in [1.82, 2.24) is 29.6 Å². The molecule has 3 rings (SSSR count). The molecule has 0 aromatic carbocycles. The zero-order chi connectivity index (χ0) is 22.3. The number of hydrogen-bond acceptors (Lipinski definition) is 5. The number of piperidine rings is 1. The molecular formula is C17H23F3N6O3S. The van der Waals surface area contributed by atoms with E-state index < -0.39 is 28.7 Å². The molecule has 1 aliphatic heterocycles. The van der Waals surface area contributed by atoms with Gasteiger partial charge >= 0.3 is 6.18 Å². The first-order valence-corrected chi connectivity index (χ1v) is 10.7. The van der Waals surface area contributed by atoms with E-state index in [0.29, 0.717) is 29.9 Å². The van der Waals surface area contributed by atoms with Gasteiger partial charge in [0.15, 0.2) is 0 Å². The van der Waals surface area contributed by atoms with E-state index in [1.54, 1.807) is 26.2 Å². The molecule has 3 heterocycles. The summed E-state index contributed by atoms with van der Waals surface area (Å²) in [5.41, 5.74) is 1.47. The molecular weight excluding hydrogens is 425 g/mol. The predicted molar refractivity (Wildman–Crippen MR) is 100 cm³/mol. The Bertz CT molecular complexity index is 1040. The minimum Gasteiger partial charge on any atom is -0.342 e. The average Bonchev–Trinajstić information content (AvgIpc) is 3.24. The number of sulfonamides is 1. The van der Waals surface area contributed by atoms with Crippen LogP contribution in [0.5, 0.6) is 0 Å². The Kier molecular flexibility index (Phi) is 5.96. The monoisotopic (exact) mass is 448 g/mol. The smallest absolute Gasteiger partial charge is 0.342 e. The zero-order valence-electron chi connectivity index (χ0n) is 16.7. The highest BCUT2D eigenvalue weighted by molar-refractivity contribution is 7.89. The molecule has 0 atom stereocenters. The maximum Gasteiger partial charge on any atom is 0.405 e. The maximum atomic E-state index is 13.0. The molecule has 0 radical (unpaired) electrons. The van der Waals surface area contributed by atoms with Gasteiger partial charge < -0.3 is 5.32 Å². The molecule has 0 unspecified atom stereocenters. The second kappa shape index (κ2) is 8.02. The zero-order valence-corrected chi connectivity index (χ0v) is 17.6. The topological polar surface area (TPSA) is 113 Å². The van der Waals surface area contributed by atoms with E-state index in [9.17, 15) is 26.4 Å². The Hall–Kier alpha value is -2.41. The molecule has 1 amide bonds. The first-order valence-electron chi connectivity index (χ1n) is 9.30. The van der Waals surface area contributed by atoms with Gasteiger partial charge in [0.2, 0.25) is 10.0 Å². The second-order valence-electron chi connectivity index (χ2n) is 7.31. The number of aromatic nitrogens is 4. The first-order chi connectivity index (χ1) is 13.9. The first kappa shape index (κ1) is 22.3. The van der Waals surface area contributed by atoms with Gasteiger partial charge in [-0.3, -0.25) is 14.6 Å². The third kappa shape index (κ3) is 4.51. The minimum absolute atomic E-state index is 0.0794. The van der Waals surface area contributed by atoms with Crippen LogP contribution in [0.2, 0.25) is 0 Å². The predicted octanol–water partition coefficient (Wildman–Crippen LogP) is 1.62. The molecule has 9 nitrogen and oxygen atoms in total. The molecule has 2 aromatic heterocycles. The van der Waals surface area contributed by atoms with E-state index in [1.165, 1.54) is 15.1 Å². The summed E-state index contributed by atoms with van der Waals surface area (Å²) in [4.78, 5) is 12.0. The number of carbonyl (C=O) groups is 1. The van der Waals surface area contributed by atoms with Crippen molar-refractivity contribution in [2.45, 2.75) is 43.7 Å². The van der Waals surface area contributed by atoms with Gasteiger partial charge in [-0.2, -0.15) is 27.7 Å². The number of aromatic amines is 1. The highest BCUT2D eigenvalue weighted by atomic mass is 32.2. The number of carbonyl (C=O) groups excluding carboxylic acids is 1. The van der Waals surface area contributed by atoms with Crippen LogP contribution in [-0.4, -0.2) is 64.4 Å². The molecule has 0 bridgehead atoms. The normalized spacial score (nSPS) is 16.7. The van der Waals surface area contributed by atoms with Crippen molar-refractivity contribution in [3.8, 4) is 0 Å². The summed E-state index contributed by atoms with van der Waals surface area (Å²) in [7, 11) is -2.00. The lowest BCUT2D eigenvalue weighted by Crippen LogP contribution is -2.38. The Balaban J connectivity index is 1.65. The largest absolute Gasteiger partial charge is 0.405 e. The van der Waals surface area contributed by atoms with E-state index in [-0.39, 0.29) is 29.6 Å². The fourth-order valence-electron chi connectivity index (χ4n) is 3.60. The van der Waals surface area contributed by atoms with E-state index in [0.717, 1.165) is 0 Å². The van der Waals surface area contributed by atoms with Crippen molar-refractivity contribution in [2.24, 2.45) is 7.05 Å². The average molecular weight is 448 g/mol. The van der Waals surface area contributed by atoms with Crippen LogP contribution in [0.15, 0.2) is 11.0 Å². The summed E-state index contributed by atoms with van der Waals surface area (Å²) in [6.07, 6.45) is -3.52. The van der Waals surface area contributed by atoms with Crippen LogP contribution in [0.25, 0.3) is 0 Å². The van der Waals surface area contributed by atoms with Crippen molar-refractivity contribution >= 4 is 15.9 Å². The van der Waals surface area contributed by atoms with Gasteiger partial charge in [-0.25, -0.2) is 8.42 Å². The number of hydrogen-bond donors (Lipinski definition) is 2. The van der Waals surface area contributed by atoms with Crippen LogP contribution < -0.4 is 5.32 Å². The van der Waals surface area contributed by atoms with Crippen LogP contribution in [0.4, 0.5) is 13.2 Å². The van der Waals surface area contributed by atoms with Crippen molar-refractivity contribution in [1.29, 1.82) is 0 Å². The van der Waals surface area contributed by atoms with Gasteiger partial charge in [0.1, 0.15) is 17.1 Å². The summed E-state index contributed by atoms with van der Waals surface area (Å²) in [6, 6.07) is 1.41. The van der Waals surface area contributed by atoms with E-state index in [2.05, 4.69) is 15.3 Å². The third-order valence-electron chi connectivity index (χ3n) is 5.21. The molecule has 0 saturated carbocycles. The molecule has 13 heteroatoms. The number of aryl methyl sites for hydroxylation is 2. The number of alkyl halides is 3. The van der Waals surface area contributed by atoms with Crippen LogP contribution in [0, 0.1) is 13.8 Å². The molecule has 30 heavy (non-hydrogen) atoms. The number of nitrogens with zero attached hydrogens (tertiary/aromatic N) is 4. The Morgan fingerprint density at radius 1 is 1.30 bits per heavy atom. The van der Waals surface area contributed by atoms with Crippen molar-refractivity contribution < 1.29 is 26.4 Å². The SMILES string of the molecule is Cc1nn(C)c(C)c1S(=O)(=O)N1CCC(c2cc(C(=O)NCC(F)(F)F)n[nH]2)CC1. The van der Waals surface area contributed by atoms with Crippen LogP contribution >= 0.6 is 0 Å². The Morgan fingerprint density at radius 2 is 1.93 bits per heavy atom. The molecule has 166 valence electrons. The molecule has 1 saturated heterocycles. The Morgan fingerprint density at radius 3 is 2.47 bits per heavy atom. The van der Waals surface area contributed by atoms with E-state index in [1.807, 2.05) is 0 Å². The van der Waals surface area contributed by atoms with Crippen LogP contribution in [0.3, 0.4) is 0 Å². The Labute approximate surface area is 171 Å². The second-order valence-corrected chi connectivity index (χ2v) is 9.18. The summed E-state index contributed by atoms with van der Waals surface area (Å²) in [5.74, 6) is -0.999. The van der Waals surface area contributed by atoms with Gasteiger partial charge in [0.05, 0.1) is 11.4 Å². The lowest BCUT2D eigenvalue weighted by Gasteiger charge is -2.30. The van der Waals surface area contributed by atoms with Crippen molar-refractivity contribution in [3.05, 3.63) is 28.8 Å². The molecule has 1 fully saturated rings. The number of rotatable bonds is 5. The van der Waals surface area contributed by atoms with Crippen LogP contribution in [0.1, 0.15) is 46.3 Å². The third-order valence-corrected chi connectivity index (χ3v) is 7.37. The number of halogens is 3.